The molecule has 0 aromatic rings. The fourth-order valence-corrected chi connectivity index (χ4v) is 1.06. The molecule has 0 radical (unpaired) electrons. The van der Waals surface area contributed by atoms with E-state index in [1.807, 2.05) is 13.8 Å². The maximum Gasteiger partial charge on any atom is 0.176 e. The lowest BCUT2D eigenvalue weighted by atomic mass is 10.2. The van der Waals surface area contributed by atoms with Crippen molar-refractivity contribution >= 4 is 5.71 Å². The number of nitrogens with zero attached hydrogens (tertiary/aromatic N) is 1. The van der Waals surface area contributed by atoms with E-state index in [-0.39, 0.29) is 12.6 Å². The van der Waals surface area contributed by atoms with Gasteiger partial charge in [-0.2, -0.15) is 0 Å². The SMILES string of the molecule is C/C=C\C(CO)=NC(CC)C(O)OC. The molecule has 14 heavy (non-hydrogen) atoms. The molecule has 0 fully saturated rings. The van der Waals surface area contributed by atoms with Crippen molar-refractivity contribution in [2.24, 2.45) is 4.99 Å². The van der Waals surface area contributed by atoms with Crippen LogP contribution in [0.15, 0.2) is 17.1 Å². The molecule has 0 aliphatic carbocycles. The van der Waals surface area contributed by atoms with Crippen LogP contribution in [0.4, 0.5) is 0 Å². The maximum absolute atomic E-state index is 9.40. The summed E-state index contributed by atoms with van der Waals surface area (Å²) in [5.41, 5.74) is 0.551. The van der Waals surface area contributed by atoms with Crippen LogP contribution in [0.5, 0.6) is 0 Å². The Bertz CT molecular complexity index is 202. The topological polar surface area (TPSA) is 62.1 Å². The number of aliphatic hydroxyl groups excluding tert-OH is 2. The normalized spacial score (nSPS) is 17.4. The van der Waals surface area contributed by atoms with Crippen LogP contribution in [0, 0.1) is 0 Å². The van der Waals surface area contributed by atoms with Crippen LogP contribution in [0.25, 0.3) is 0 Å². The average Bonchev–Trinajstić information content (AvgIpc) is 2.23. The molecule has 2 atom stereocenters. The number of hydrogen-bond acceptors (Lipinski definition) is 4. The van der Waals surface area contributed by atoms with Crippen molar-refractivity contribution in [1.82, 2.24) is 0 Å². The van der Waals surface area contributed by atoms with Gasteiger partial charge in [0.1, 0.15) is 6.04 Å². The molecule has 0 rings (SSSR count). The quantitative estimate of drug-likeness (QED) is 0.492. The zero-order chi connectivity index (χ0) is 11.0. The monoisotopic (exact) mass is 201 g/mol. The molecule has 0 heterocycles. The number of aliphatic hydroxyl groups is 2. The minimum absolute atomic E-state index is 0.128. The lowest BCUT2D eigenvalue weighted by Gasteiger charge is -2.16. The van der Waals surface area contributed by atoms with Gasteiger partial charge >= 0.3 is 0 Å². The Hall–Kier alpha value is -0.710. The lowest BCUT2D eigenvalue weighted by Crippen LogP contribution is -2.27. The van der Waals surface area contributed by atoms with E-state index in [1.54, 1.807) is 12.2 Å². The fourth-order valence-electron chi connectivity index (χ4n) is 1.06. The fraction of sp³-hybridized carbons (Fsp3) is 0.700. The Labute approximate surface area is 84.9 Å². The largest absolute Gasteiger partial charge is 0.390 e. The molecule has 0 saturated heterocycles. The smallest absolute Gasteiger partial charge is 0.176 e. The van der Waals surface area contributed by atoms with E-state index in [0.717, 1.165) is 0 Å². The summed E-state index contributed by atoms with van der Waals surface area (Å²) in [6.07, 6.45) is 3.26. The van der Waals surface area contributed by atoms with Crippen molar-refractivity contribution in [2.45, 2.75) is 32.6 Å². The number of methoxy groups -OCH3 is 1. The van der Waals surface area contributed by atoms with Gasteiger partial charge in [-0.05, 0) is 19.4 Å². The van der Waals surface area contributed by atoms with E-state index >= 15 is 0 Å². The Morgan fingerprint density at radius 2 is 2.21 bits per heavy atom. The molecule has 2 unspecified atom stereocenters. The third-order valence-corrected chi connectivity index (χ3v) is 1.84. The summed E-state index contributed by atoms with van der Waals surface area (Å²) < 4.78 is 4.77. The Morgan fingerprint density at radius 1 is 1.57 bits per heavy atom. The Morgan fingerprint density at radius 3 is 2.57 bits per heavy atom. The van der Waals surface area contributed by atoms with Crippen LogP contribution in [0.2, 0.25) is 0 Å². The molecule has 4 heteroatoms. The average molecular weight is 201 g/mol. The van der Waals surface area contributed by atoms with Gasteiger partial charge < -0.3 is 14.9 Å². The summed E-state index contributed by atoms with van der Waals surface area (Å²) in [6, 6.07) is -0.321. The molecule has 0 saturated carbocycles. The van der Waals surface area contributed by atoms with Gasteiger partial charge in [0.05, 0.1) is 12.3 Å². The zero-order valence-electron chi connectivity index (χ0n) is 8.97. The lowest BCUT2D eigenvalue weighted by molar-refractivity contribution is -0.0891. The number of aliphatic imine (C=N–C) groups is 1. The van der Waals surface area contributed by atoms with Crippen LogP contribution in [-0.4, -0.2) is 42.0 Å². The van der Waals surface area contributed by atoms with Gasteiger partial charge in [0, 0.05) is 7.11 Å². The van der Waals surface area contributed by atoms with Gasteiger partial charge in [-0.25, -0.2) is 0 Å². The highest BCUT2D eigenvalue weighted by Crippen LogP contribution is 2.05. The van der Waals surface area contributed by atoms with Crippen LogP contribution < -0.4 is 0 Å². The van der Waals surface area contributed by atoms with E-state index in [2.05, 4.69) is 4.99 Å². The molecule has 0 aliphatic heterocycles. The van der Waals surface area contributed by atoms with Crippen molar-refractivity contribution in [2.75, 3.05) is 13.7 Å². The second-order valence-electron chi connectivity index (χ2n) is 2.88. The van der Waals surface area contributed by atoms with E-state index < -0.39 is 6.29 Å². The highest BCUT2D eigenvalue weighted by Gasteiger charge is 2.15. The van der Waals surface area contributed by atoms with Crippen LogP contribution in [0.1, 0.15) is 20.3 Å². The molecule has 0 aliphatic rings. The maximum atomic E-state index is 9.40. The molecule has 0 aromatic carbocycles. The van der Waals surface area contributed by atoms with Crippen LogP contribution in [-0.2, 0) is 4.74 Å². The van der Waals surface area contributed by atoms with Crippen LogP contribution >= 0.6 is 0 Å². The van der Waals surface area contributed by atoms with Gasteiger partial charge in [-0.15, -0.1) is 0 Å². The molecule has 0 aromatic heterocycles. The molecule has 82 valence electrons. The summed E-state index contributed by atoms with van der Waals surface area (Å²) in [6.45, 7) is 3.62. The second kappa shape index (κ2) is 7.67. The number of allylic oxidation sites excluding steroid dienone is 1. The van der Waals surface area contributed by atoms with Crippen molar-refractivity contribution in [1.29, 1.82) is 0 Å². The molecule has 0 amide bonds. The molecule has 4 nitrogen and oxygen atoms in total. The van der Waals surface area contributed by atoms with Crippen LogP contribution in [0.3, 0.4) is 0 Å². The zero-order valence-corrected chi connectivity index (χ0v) is 8.97. The highest BCUT2D eigenvalue weighted by atomic mass is 16.6. The predicted octanol–water partition coefficient (Wildman–Crippen LogP) is 0.739. The standard InChI is InChI=1S/C10H19NO3/c1-4-6-8(7-12)11-9(5-2)10(13)14-3/h4,6,9-10,12-13H,5,7H2,1-3H3/b6-4-,11-8?. The van der Waals surface area contributed by atoms with E-state index in [0.29, 0.717) is 12.1 Å². The molecule has 2 N–H and O–H groups in total. The first-order chi connectivity index (χ1) is 6.69. The van der Waals surface area contributed by atoms with E-state index in [1.165, 1.54) is 7.11 Å². The van der Waals surface area contributed by atoms with E-state index in [4.69, 9.17) is 9.84 Å². The minimum atomic E-state index is -0.910. The highest BCUT2D eigenvalue weighted by molar-refractivity contribution is 5.95. The Balaban J connectivity index is 4.51. The third-order valence-electron chi connectivity index (χ3n) is 1.84. The summed E-state index contributed by atoms with van der Waals surface area (Å²) >= 11 is 0. The van der Waals surface area contributed by atoms with Gasteiger partial charge in [0.15, 0.2) is 6.29 Å². The van der Waals surface area contributed by atoms with Gasteiger partial charge in [-0.3, -0.25) is 4.99 Å². The summed E-state index contributed by atoms with van der Waals surface area (Å²) in [5, 5.41) is 18.3. The van der Waals surface area contributed by atoms with Crippen molar-refractivity contribution in [3.63, 3.8) is 0 Å². The number of hydrogen-bond donors (Lipinski definition) is 2. The minimum Gasteiger partial charge on any atom is -0.390 e. The molecule has 0 bridgehead atoms. The molecular weight excluding hydrogens is 182 g/mol. The second-order valence-corrected chi connectivity index (χ2v) is 2.88. The van der Waals surface area contributed by atoms with Crippen molar-refractivity contribution in [3.8, 4) is 0 Å². The summed E-state index contributed by atoms with van der Waals surface area (Å²) in [5.74, 6) is 0. The summed E-state index contributed by atoms with van der Waals surface area (Å²) in [7, 11) is 1.43. The first-order valence-corrected chi connectivity index (χ1v) is 4.70. The number of ether oxygens (including phenoxy) is 1. The van der Waals surface area contributed by atoms with Gasteiger partial charge in [0.25, 0.3) is 0 Å². The molecule has 0 spiro atoms. The first-order valence-electron chi connectivity index (χ1n) is 4.70. The third kappa shape index (κ3) is 4.50. The first kappa shape index (κ1) is 13.3. The van der Waals surface area contributed by atoms with E-state index in [9.17, 15) is 5.11 Å². The van der Waals surface area contributed by atoms with Crippen molar-refractivity contribution in [3.05, 3.63) is 12.2 Å². The van der Waals surface area contributed by atoms with Gasteiger partial charge in [0.2, 0.25) is 0 Å². The number of rotatable bonds is 6. The van der Waals surface area contributed by atoms with Gasteiger partial charge in [-0.1, -0.05) is 13.0 Å². The molecular formula is C10H19NO3. The van der Waals surface area contributed by atoms with Crippen molar-refractivity contribution < 1.29 is 14.9 Å². The Kier molecular flexibility index (Phi) is 7.28. The summed E-state index contributed by atoms with van der Waals surface area (Å²) in [4.78, 5) is 4.18. The predicted molar refractivity (Wildman–Crippen MR) is 56.4 cm³/mol.